The number of likely N-dealkylation sites (N-methyl/N-ethyl adjacent to an activating group) is 1. The van der Waals surface area contributed by atoms with Gasteiger partial charge in [-0.1, -0.05) is 12.1 Å². The van der Waals surface area contributed by atoms with Gasteiger partial charge in [-0.05, 0) is 41.2 Å². The summed E-state index contributed by atoms with van der Waals surface area (Å²) in [5.41, 5.74) is 0.154. The van der Waals surface area contributed by atoms with E-state index in [1.54, 1.807) is 23.5 Å². The van der Waals surface area contributed by atoms with E-state index in [0.29, 0.717) is 6.54 Å². The largest absolute Gasteiger partial charge is 0.294 e. The Labute approximate surface area is 124 Å². The third-order valence-corrected chi connectivity index (χ3v) is 4.32. The molecule has 0 unspecified atom stereocenters. The predicted molar refractivity (Wildman–Crippen MR) is 79.1 cm³/mol. The molecule has 1 aromatic carbocycles. The summed E-state index contributed by atoms with van der Waals surface area (Å²) in [6, 6.07) is 8.11. The van der Waals surface area contributed by atoms with Gasteiger partial charge in [0.1, 0.15) is 5.82 Å². The van der Waals surface area contributed by atoms with E-state index in [2.05, 4.69) is 15.9 Å². The van der Waals surface area contributed by atoms with Crippen molar-refractivity contribution in [1.82, 2.24) is 4.90 Å². The zero-order valence-corrected chi connectivity index (χ0v) is 12.8. The lowest BCUT2D eigenvalue weighted by Gasteiger charge is -2.14. The molecule has 2 aromatic rings. The molecule has 0 saturated heterocycles. The lowest BCUT2D eigenvalue weighted by atomic mass is 10.1. The van der Waals surface area contributed by atoms with Gasteiger partial charge < -0.3 is 0 Å². The van der Waals surface area contributed by atoms with Crippen molar-refractivity contribution in [3.8, 4) is 0 Å². The van der Waals surface area contributed by atoms with Crippen molar-refractivity contribution >= 4 is 33.0 Å². The molecule has 0 bridgehead atoms. The number of carbonyl (C=O) groups excluding carboxylic acids is 1. The van der Waals surface area contributed by atoms with Gasteiger partial charge in [0, 0.05) is 21.3 Å². The first-order chi connectivity index (χ1) is 9.06. The molecule has 0 radical (unpaired) electrons. The molecule has 2 rings (SSSR count). The number of carbonyl (C=O) groups is 1. The second kappa shape index (κ2) is 6.41. The van der Waals surface area contributed by atoms with Gasteiger partial charge in [-0.2, -0.15) is 0 Å². The number of Topliss-reactive ketones (excluding diaryl/α,β-unsaturated/α-hetero) is 1. The Morgan fingerprint density at radius 1 is 1.42 bits per heavy atom. The van der Waals surface area contributed by atoms with E-state index in [1.807, 2.05) is 23.4 Å². The molecule has 5 heteroatoms. The highest BCUT2D eigenvalue weighted by Crippen LogP contribution is 2.21. The van der Waals surface area contributed by atoms with Gasteiger partial charge in [0.2, 0.25) is 0 Å². The van der Waals surface area contributed by atoms with E-state index < -0.39 is 5.82 Å². The fourth-order valence-corrected chi connectivity index (χ4v) is 3.31. The minimum Gasteiger partial charge on any atom is -0.294 e. The lowest BCUT2D eigenvalue weighted by Crippen LogP contribution is -2.25. The number of hydrogen-bond acceptors (Lipinski definition) is 3. The molecule has 0 aliphatic rings. The average Bonchev–Trinajstić information content (AvgIpc) is 2.74. The maximum atomic E-state index is 13.5. The van der Waals surface area contributed by atoms with Gasteiger partial charge in [0.15, 0.2) is 5.78 Å². The summed E-state index contributed by atoms with van der Waals surface area (Å²) in [7, 11) is 1.85. The molecule has 1 aromatic heterocycles. The standard InChI is InChI=1S/C14H13BrFNOS/c1-17(7-11-6-10(15)9-19-11)8-14(18)12-4-2-3-5-13(12)16/h2-6,9H,7-8H2,1H3. The third-order valence-electron chi connectivity index (χ3n) is 2.64. The number of hydrogen-bond donors (Lipinski definition) is 0. The van der Waals surface area contributed by atoms with Crippen LogP contribution < -0.4 is 0 Å². The van der Waals surface area contributed by atoms with Crippen LogP contribution in [0.25, 0.3) is 0 Å². The summed E-state index contributed by atoms with van der Waals surface area (Å²) in [5, 5.41) is 2.00. The van der Waals surface area contributed by atoms with Crippen molar-refractivity contribution in [2.45, 2.75) is 6.54 Å². The number of ketones is 1. The van der Waals surface area contributed by atoms with Crippen LogP contribution in [0.1, 0.15) is 15.2 Å². The number of halogens is 2. The van der Waals surface area contributed by atoms with Crippen LogP contribution in [-0.4, -0.2) is 24.3 Å². The van der Waals surface area contributed by atoms with Crippen LogP contribution in [0.15, 0.2) is 40.2 Å². The number of thiophene rings is 1. The minimum absolute atomic E-state index is 0.154. The SMILES string of the molecule is CN(CC(=O)c1ccccc1F)Cc1cc(Br)cs1. The molecule has 2 nitrogen and oxygen atoms in total. The van der Waals surface area contributed by atoms with E-state index in [-0.39, 0.29) is 17.9 Å². The fraction of sp³-hybridized carbons (Fsp3) is 0.214. The maximum Gasteiger partial charge on any atom is 0.179 e. The van der Waals surface area contributed by atoms with Crippen molar-refractivity contribution in [3.63, 3.8) is 0 Å². The van der Waals surface area contributed by atoms with Gasteiger partial charge in [-0.3, -0.25) is 9.69 Å². The molecule has 1 heterocycles. The van der Waals surface area contributed by atoms with Gasteiger partial charge in [-0.15, -0.1) is 11.3 Å². The fourth-order valence-electron chi connectivity index (χ4n) is 1.78. The van der Waals surface area contributed by atoms with Crippen LogP contribution in [0.2, 0.25) is 0 Å². The summed E-state index contributed by atoms with van der Waals surface area (Å²) >= 11 is 5.02. The van der Waals surface area contributed by atoms with E-state index >= 15 is 0 Å². The van der Waals surface area contributed by atoms with Crippen LogP contribution in [-0.2, 0) is 6.54 Å². The first-order valence-electron chi connectivity index (χ1n) is 5.75. The van der Waals surface area contributed by atoms with E-state index in [1.165, 1.54) is 12.1 Å². The monoisotopic (exact) mass is 341 g/mol. The number of rotatable bonds is 5. The van der Waals surface area contributed by atoms with Crippen LogP contribution in [0.3, 0.4) is 0 Å². The van der Waals surface area contributed by atoms with E-state index in [4.69, 9.17) is 0 Å². The molecule has 0 N–H and O–H groups in total. The Hall–Kier alpha value is -1.04. The first kappa shape index (κ1) is 14.4. The van der Waals surface area contributed by atoms with Crippen molar-refractivity contribution in [2.75, 3.05) is 13.6 Å². The van der Waals surface area contributed by atoms with E-state index in [0.717, 1.165) is 9.35 Å². The molecule has 100 valence electrons. The molecular formula is C14H13BrFNOS. The van der Waals surface area contributed by atoms with Crippen molar-refractivity contribution < 1.29 is 9.18 Å². The molecule has 0 fully saturated rings. The van der Waals surface area contributed by atoms with Crippen molar-refractivity contribution in [1.29, 1.82) is 0 Å². The number of benzene rings is 1. The molecule has 19 heavy (non-hydrogen) atoms. The summed E-state index contributed by atoms with van der Waals surface area (Å²) in [4.78, 5) is 15.0. The molecular weight excluding hydrogens is 329 g/mol. The maximum absolute atomic E-state index is 13.5. The van der Waals surface area contributed by atoms with Crippen LogP contribution in [0.5, 0.6) is 0 Å². The quantitative estimate of drug-likeness (QED) is 0.767. The zero-order valence-electron chi connectivity index (χ0n) is 10.4. The van der Waals surface area contributed by atoms with Crippen molar-refractivity contribution in [2.24, 2.45) is 0 Å². The van der Waals surface area contributed by atoms with Crippen LogP contribution in [0.4, 0.5) is 4.39 Å². The Morgan fingerprint density at radius 3 is 2.79 bits per heavy atom. The van der Waals surface area contributed by atoms with Crippen LogP contribution in [0, 0.1) is 5.82 Å². The van der Waals surface area contributed by atoms with Gasteiger partial charge in [0.25, 0.3) is 0 Å². The van der Waals surface area contributed by atoms with Gasteiger partial charge >= 0.3 is 0 Å². The first-order valence-corrected chi connectivity index (χ1v) is 7.42. The van der Waals surface area contributed by atoms with Gasteiger partial charge in [-0.25, -0.2) is 4.39 Å². The highest BCUT2D eigenvalue weighted by Gasteiger charge is 2.13. The smallest absolute Gasteiger partial charge is 0.179 e. The average molecular weight is 342 g/mol. The summed E-state index contributed by atoms with van der Waals surface area (Å²) in [6.07, 6.45) is 0. The molecule has 0 atom stereocenters. The van der Waals surface area contributed by atoms with Crippen LogP contribution >= 0.6 is 27.3 Å². The lowest BCUT2D eigenvalue weighted by molar-refractivity contribution is 0.0939. The van der Waals surface area contributed by atoms with E-state index in [9.17, 15) is 9.18 Å². The highest BCUT2D eigenvalue weighted by molar-refractivity contribution is 9.10. The molecule has 0 spiro atoms. The highest BCUT2D eigenvalue weighted by atomic mass is 79.9. The molecule has 0 aliphatic carbocycles. The molecule has 0 saturated carbocycles. The van der Waals surface area contributed by atoms with Crippen molar-refractivity contribution in [3.05, 3.63) is 56.4 Å². The summed E-state index contributed by atoms with van der Waals surface area (Å²) < 4.78 is 14.5. The Bertz CT molecular complexity index is 584. The predicted octanol–water partition coefficient (Wildman–Crippen LogP) is 3.96. The minimum atomic E-state index is -0.459. The Balaban J connectivity index is 1.97. The molecule has 0 amide bonds. The number of nitrogens with zero attached hydrogens (tertiary/aromatic N) is 1. The van der Waals surface area contributed by atoms with Gasteiger partial charge in [0.05, 0.1) is 12.1 Å². The Kier molecular flexibility index (Phi) is 4.85. The topological polar surface area (TPSA) is 20.3 Å². The molecule has 0 aliphatic heterocycles. The summed E-state index contributed by atoms with van der Waals surface area (Å²) in [5.74, 6) is -0.656. The third kappa shape index (κ3) is 3.96. The summed E-state index contributed by atoms with van der Waals surface area (Å²) in [6.45, 7) is 0.882. The normalized spacial score (nSPS) is 10.9. The zero-order chi connectivity index (χ0) is 13.8. The Morgan fingerprint density at radius 2 is 2.16 bits per heavy atom. The second-order valence-corrected chi connectivity index (χ2v) is 6.22. The second-order valence-electron chi connectivity index (χ2n) is 4.31.